The number of nitrogens with zero attached hydrogens (tertiary/aromatic N) is 3. The molecule has 0 aromatic carbocycles. The second-order valence-electron chi connectivity index (χ2n) is 5.27. The van der Waals surface area contributed by atoms with E-state index in [0.29, 0.717) is 0 Å². The second kappa shape index (κ2) is 6.32. The van der Waals surface area contributed by atoms with Crippen LogP contribution in [0.4, 0.5) is 0 Å². The minimum Gasteiger partial charge on any atom is -0.357 e. The molecule has 22 heavy (non-hydrogen) atoms. The number of aromatic nitrogens is 1. The van der Waals surface area contributed by atoms with Gasteiger partial charge in [0.2, 0.25) is 0 Å². The molecule has 3 rings (SSSR count). The molecule has 1 aromatic heterocycles. The highest BCUT2D eigenvalue weighted by atomic mass is 31.2. The normalized spacial score (nSPS) is 21.5. The fraction of sp³-hybridized carbons (Fsp3) is 0.467. The zero-order valence-electron chi connectivity index (χ0n) is 12.8. The molecule has 0 saturated carbocycles. The van der Waals surface area contributed by atoms with E-state index in [9.17, 15) is 4.57 Å². The average Bonchev–Trinajstić information content (AvgIpc) is 3.02. The van der Waals surface area contributed by atoms with Gasteiger partial charge in [-0.25, -0.2) is 4.99 Å². The Bertz CT molecular complexity index is 645. The van der Waals surface area contributed by atoms with Crippen LogP contribution in [0.15, 0.2) is 29.4 Å². The summed E-state index contributed by atoms with van der Waals surface area (Å²) in [4.78, 5) is 11.3. The molecule has 0 aliphatic carbocycles. The van der Waals surface area contributed by atoms with E-state index in [1.807, 2.05) is 24.3 Å². The van der Waals surface area contributed by atoms with Crippen molar-refractivity contribution >= 4 is 19.5 Å². The lowest BCUT2D eigenvalue weighted by Crippen LogP contribution is -2.26. The number of hydrogen-bond acceptors (Lipinski definition) is 6. The molecule has 3 heterocycles. The zero-order chi connectivity index (χ0) is 15.6. The van der Waals surface area contributed by atoms with Gasteiger partial charge in [0.05, 0.1) is 5.69 Å². The van der Waals surface area contributed by atoms with Crippen LogP contribution in [0.5, 0.6) is 0 Å². The maximum atomic E-state index is 13.0. The Morgan fingerprint density at radius 3 is 2.64 bits per heavy atom. The van der Waals surface area contributed by atoms with E-state index in [-0.39, 0.29) is 0 Å². The molecule has 1 saturated heterocycles. The Kier molecular flexibility index (Phi) is 4.43. The van der Waals surface area contributed by atoms with Crippen LogP contribution >= 0.6 is 7.60 Å². The molecule has 0 spiro atoms. The second-order valence-corrected chi connectivity index (χ2v) is 7.57. The standard InChI is InChI=1S/C15H20N3O3P/c1-20-22(19,21-2)15-12-6-5-9-16-13(12)7-8-14(17-15)18-10-3-4-11-18/h5-9,15H,3-4,10-11H2,1-2H3. The highest BCUT2D eigenvalue weighted by molar-refractivity contribution is 7.54. The van der Waals surface area contributed by atoms with Gasteiger partial charge in [-0.1, -0.05) is 6.07 Å². The molecule has 7 heteroatoms. The van der Waals surface area contributed by atoms with Crippen LogP contribution in [0.3, 0.4) is 0 Å². The first kappa shape index (κ1) is 15.4. The molecule has 6 nitrogen and oxygen atoms in total. The molecule has 0 amide bonds. The Morgan fingerprint density at radius 2 is 1.95 bits per heavy atom. The van der Waals surface area contributed by atoms with Crippen LogP contribution in [0.2, 0.25) is 0 Å². The summed E-state index contributed by atoms with van der Waals surface area (Å²) < 4.78 is 23.4. The first-order chi connectivity index (χ1) is 10.7. The SMILES string of the molecule is COP(=O)(OC)C1N=C(N2CCCC2)C=Cc2ncccc21. The van der Waals surface area contributed by atoms with Gasteiger partial charge in [-0.2, -0.15) is 0 Å². The van der Waals surface area contributed by atoms with Gasteiger partial charge in [-0.3, -0.25) is 9.55 Å². The van der Waals surface area contributed by atoms with E-state index in [1.165, 1.54) is 14.2 Å². The van der Waals surface area contributed by atoms with Crippen molar-refractivity contribution in [2.45, 2.75) is 18.6 Å². The number of fused-ring (bicyclic) bond motifs is 1. The molecular weight excluding hydrogens is 301 g/mol. The summed E-state index contributed by atoms with van der Waals surface area (Å²) in [6.07, 6.45) is 7.87. The van der Waals surface area contributed by atoms with Crippen molar-refractivity contribution in [2.24, 2.45) is 4.99 Å². The Hall–Kier alpha value is -1.49. The monoisotopic (exact) mass is 321 g/mol. The molecule has 1 aromatic rings. The molecule has 2 aliphatic rings. The average molecular weight is 321 g/mol. The summed E-state index contributed by atoms with van der Waals surface area (Å²) in [7, 11) is -0.603. The number of likely N-dealkylation sites (tertiary alicyclic amines) is 1. The summed E-state index contributed by atoms with van der Waals surface area (Å²) in [5, 5.41) is 0. The van der Waals surface area contributed by atoms with Gasteiger partial charge < -0.3 is 13.9 Å². The summed E-state index contributed by atoms with van der Waals surface area (Å²) >= 11 is 0. The first-order valence-corrected chi connectivity index (χ1v) is 8.96. The number of hydrogen-bond donors (Lipinski definition) is 0. The van der Waals surface area contributed by atoms with E-state index < -0.39 is 13.4 Å². The van der Waals surface area contributed by atoms with Crippen molar-refractivity contribution < 1.29 is 13.6 Å². The number of aliphatic imine (C=N–C) groups is 1. The zero-order valence-corrected chi connectivity index (χ0v) is 13.7. The molecule has 0 N–H and O–H groups in total. The number of rotatable bonds is 3. The van der Waals surface area contributed by atoms with Crippen molar-refractivity contribution in [1.82, 2.24) is 9.88 Å². The largest absolute Gasteiger partial charge is 0.359 e. The van der Waals surface area contributed by atoms with Crippen molar-refractivity contribution in [3.63, 3.8) is 0 Å². The van der Waals surface area contributed by atoms with Crippen LogP contribution in [0.1, 0.15) is 29.9 Å². The lowest BCUT2D eigenvalue weighted by Gasteiger charge is -2.24. The van der Waals surface area contributed by atoms with Crippen LogP contribution in [-0.2, 0) is 13.6 Å². The topological polar surface area (TPSA) is 64.0 Å². The number of amidine groups is 1. The van der Waals surface area contributed by atoms with E-state index in [2.05, 4.69) is 9.88 Å². The minimum absolute atomic E-state index is 0.697. The highest BCUT2D eigenvalue weighted by Gasteiger charge is 2.38. The quantitative estimate of drug-likeness (QED) is 0.801. The maximum absolute atomic E-state index is 13.0. The Labute approximate surface area is 130 Å². The molecule has 0 radical (unpaired) electrons. The van der Waals surface area contributed by atoms with Gasteiger partial charge in [0.25, 0.3) is 0 Å². The van der Waals surface area contributed by atoms with E-state index in [1.54, 1.807) is 6.20 Å². The molecule has 118 valence electrons. The lowest BCUT2D eigenvalue weighted by molar-refractivity contribution is 0.266. The molecule has 0 bridgehead atoms. The third-order valence-electron chi connectivity index (χ3n) is 4.03. The van der Waals surface area contributed by atoms with E-state index >= 15 is 0 Å². The predicted octanol–water partition coefficient (Wildman–Crippen LogP) is 3.09. The van der Waals surface area contributed by atoms with E-state index in [4.69, 9.17) is 14.0 Å². The Balaban J connectivity index is 2.09. The van der Waals surface area contributed by atoms with Gasteiger partial charge in [-0.05, 0) is 31.1 Å². The van der Waals surface area contributed by atoms with Crippen molar-refractivity contribution in [3.05, 3.63) is 35.7 Å². The van der Waals surface area contributed by atoms with Crippen molar-refractivity contribution in [3.8, 4) is 0 Å². The smallest absolute Gasteiger partial charge is 0.357 e. The molecule has 2 aliphatic heterocycles. The fourth-order valence-electron chi connectivity index (χ4n) is 2.83. The third kappa shape index (κ3) is 2.74. The van der Waals surface area contributed by atoms with Crippen LogP contribution in [0.25, 0.3) is 6.08 Å². The summed E-state index contributed by atoms with van der Waals surface area (Å²) in [5.74, 6) is 0.117. The van der Waals surface area contributed by atoms with Crippen LogP contribution < -0.4 is 0 Å². The number of pyridine rings is 1. The van der Waals surface area contributed by atoms with Crippen LogP contribution in [0, 0.1) is 0 Å². The maximum Gasteiger partial charge on any atom is 0.359 e. The molecule has 1 unspecified atom stereocenters. The van der Waals surface area contributed by atoms with Gasteiger partial charge in [-0.15, -0.1) is 0 Å². The summed E-state index contributed by atoms with van der Waals surface area (Å²) in [5.41, 5.74) is 1.51. The van der Waals surface area contributed by atoms with Crippen LogP contribution in [-0.4, -0.2) is 43.0 Å². The van der Waals surface area contributed by atoms with Gasteiger partial charge in [0.15, 0.2) is 5.78 Å². The first-order valence-electron chi connectivity index (χ1n) is 7.35. The summed E-state index contributed by atoms with van der Waals surface area (Å²) in [6, 6.07) is 3.68. The predicted molar refractivity (Wildman–Crippen MR) is 85.9 cm³/mol. The fourth-order valence-corrected chi connectivity index (χ4v) is 4.19. The summed E-state index contributed by atoms with van der Waals surface area (Å²) in [6.45, 7) is 1.92. The Morgan fingerprint density at radius 1 is 1.23 bits per heavy atom. The van der Waals surface area contributed by atoms with Gasteiger partial charge in [0, 0.05) is 39.1 Å². The highest BCUT2D eigenvalue weighted by Crippen LogP contribution is 2.61. The van der Waals surface area contributed by atoms with Crippen molar-refractivity contribution in [2.75, 3.05) is 27.3 Å². The molecule has 1 fully saturated rings. The van der Waals surface area contributed by atoms with Gasteiger partial charge in [0.1, 0.15) is 5.84 Å². The molecule has 1 atom stereocenters. The lowest BCUT2D eigenvalue weighted by atomic mass is 10.2. The third-order valence-corrected chi connectivity index (χ3v) is 6.04. The molecular formula is C15H20N3O3P. The van der Waals surface area contributed by atoms with Crippen molar-refractivity contribution in [1.29, 1.82) is 0 Å². The minimum atomic E-state index is -3.39. The van der Waals surface area contributed by atoms with E-state index in [0.717, 1.165) is 43.0 Å². The van der Waals surface area contributed by atoms with Gasteiger partial charge >= 0.3 is 7.60 Å².